The molecule has 11 nitrogen and oxygen atoms in total. The molecule has 0 saturated heterocycles. The van der Waals surface area contributed by atoms with Gasteiger partial charge in [-0.15, -0.1) is 5.10 Å². The van der Waals surface area contributed by atoms with Crippen LogP contribution < -0.4 is 16.0 Å². The summed E-state index contributed by atoms with van der Waals surface area (Å²) in [5.41, 5.74) is 1.66. The Morgan fingerprint density at radius 3 is 2.81 bits per heavy atom. The molecular formula is C20H24N8O3S. The lowest BCUT2D eigenvalue weighted by Gasteiger charge is -2.10. The van der Waals surface area contributed by atoms with E-state index in [1.807, 2.05) is 32.0 Å². The lowest BCUT2D eigenvalue weighted by Crippen LogP contribution is -2.31. The highest BCUT2D eigenvalue weighted by Gasteiger charge is 2.19. The Labute approximate surface area is 187 Å². The Morgan fingerprint density at radius 2 is 2.06 bits per heavy atom. The van der Waals surface area contributed by atoms with E-state index in [2.05, 4.69) is 25.5 Å². The second kappa shape index (κ2) is 8.99. The molecule has 168 valence electrons. The summed E-state index contributed by atoms with van der Waals surface area (Å²) >= 11 is 1.38. The van der Waals surface area contributed by atoms with Gasteiger partial charge in [0, 0.05) is 13.6 Å². The number of fused-ring (bicyclic) bond motifs is 1. The van der Waals surface area contributed by atoms with Crippen molar-refractivity contribution in [2.75, 3.05) is 7.11 Å². The average molecular weight is 457 g/mol. The second-order valence-electron chi connectivity index (χ2n) is 7.36. The number of imidazole rings is 1. The summed E-state index contributed by atoms with van der Waals surface area (Å²) in [6.45, 7) is 4.52. The highest BCUT2D eigenvalue weighted by Crippen LogP contribution is 2.28. The molecule has 12 heteroatoms. The van der Waals surface area contributed by atoms with Crippen molar-refractivity contribution in [3.63, 3.8) is 0 Å². The minimum atomic E-state index is -0.446. The topological polar surface area (TPSA) is 126 Å². The van der Waals surface area contributed by atoms with E-state index in [-0.39, 0.29) is 0 Å². The lowest BCUT2D eigenvalue weighted by molar-refractivity contribution is 0.410. The number of unbranched alkanes of at least 4 members (excludes halogenated alkanes) is 1. The van der Waals surface area contributed by atoms with Crippen LogP contribution in [-0.2, 0) is 19.3 Å². The zero-order chi connectivity index (χ0) is 22.8. The summed E-state index contributed by atoms with van der Waals surface area (Å²) in [5, 5.41) is 12.6. The Kier molecular flexibility index (Phi) is 6.12. The molecule has 0 atom stereocenters. The number of rotatable bonds is 8. The molecule has 32 heavy (non-hydrogen) atoms. The van der Waals surface area contributed by atoms with Crippen LogP contribution in [0.5, 0.6) is 5.75 Å². The van der Waals surface area contributed by atoms with Crippen LogP contribution in [0.1, 0.15) is 31.2 Å². The van der Waals surface area contributed by atoms with Crippen molar-refractivity contribution >= 4 is 22.9 Å². The maximum atomic E-state index is 12.4. The van der Waals surface area contributed by atoms with Gasteiger partial charge >= 0.3 is 5.69 Å². The third-order valence-corrected chi connectivity index (χ3v) is 6.09. The first-order valence-corrected chi connectivity index (χ1v) is 11.2. The van der Waals surface area contributed by atoms with E-state index in [9.17, 15) is 9.59 Å². The number of H-pyrrole nitrogens is 1. The minimum absolute atomic E-state index is 0.372. The first-order chi connectivity index (χ1) is 15.4. The molecule has 0 spiro atoms. The fraction of sp³-hybridized carbons (Fsp3) is 0.400. The molecular weight excluding hydrogens is 432 g/mol. The van der Waals surface area contributed by atoms with Crippen LogP contribution in [0.2, 0.25) is 0 Å². The molecule has 1 aromatic carbocycles. The summed E-state index contributed by atoms with van der Waals surface area (Å²) in [4.78, 5) is 31.8. The number of aryl methyl sites for hydroxylation is 3. The summed E-state index contributed by atoms with van der Waals surface area (Å²) in [6.07, 6.45) is 1.74. The number of nitrogens with one attached hydrogen (secondary N) is 1. The van der Waals surface area contributed by atoms with Crippen molar-refractivity contribution < 1.29 is 4.74 Å². The zero-order valence-electron chi connectivity index (χ0n) is 18.3. The number of tetrazole rings is 1. The third-order valence-electron chi connectivity index (χ3n) is 5.17. The number of ether oxygens (including phenoxy) is 1. The van der Waals surface area contributed by atoms with Crippen molar-refractivity contribution in [3.05, 3.63) is 50.4 Å². The molecule has 4 rings (SSSR count). The molecule has 0 saturated carbocycles. The van der Waals surface area contributed by atoms with Gasteiger partial charge in [-0.1, -0.05) is 31.2 Å². The molecule has 3 heterocycles. The highest BCUT2D eigenvalue weighted by atomic mass is 32.2. The van der Waals surface area contributed by atoms with Gasteiger partial charge in [0.25, 0.3) is 5.56 Å². The number of methoxy groups -OCH3 is 1. The number of thioether (sulfide) groups is 1. The van der Waals surface area contributed by atoms with E-state index in [0.29, 0.717) is 40.2 Å². The predicted octanol–water partition coefficient (Wildman–Crippen LogP) is 1.81. The molecule has 0 aliphatic carbocycles. The third kappa shape index (κ3) is 3.93. The fourth-order valence-electron chi connectivity index (χ4n) is 3.46. The lowest BCUT2D eigenvalue weighted by atomic mass is 10.2. The van der Waals surface area contributed by atoms with Gasteiger partial charge in [-0.25, -0.2) is 9.78 Å². The maximum absolute atomic E-state index is 12.4. The smallest absolute Gasteiger partial charge is 0.330 e. The standard InChI is InChI=1S/C20H24N8O3S/c1-5-6-9-27-17-16(18(29)22-19(27)30)26(3)15(21-17)11-32-20-23-24-25-28(20)13-10-12(2)7-8-14(13)31-4/h7-8,10H,5-6,9,11H2,1-4H3,(H,22,29,30). The average Bonchev–Trinajstić information content (AvgIpc) is 3.36. The van der Waals surface area contributed by atoms with E-state index in [0.717, 1.165) is 24.1 Å². The predicted molar refractivity (Wildman–Crippen MR) is 121 cm³/mol. The molecule has 1 N–H and O–H groups in total. The number of hydrogen-bond acceptors (Lipinski definition) is 8. The van der Waals surface area contributed by atoms with Gasteiger partial charge in [-0.3, -0.25) is 14.3 Å². The largest absolute Gasteiger partial charge is 0.494 e. The van der Waals surface area contributed by atoms with Crippen molar-refractivity contribution in [1.82, 2.24) is 39.3 Å². The maximum Gasteiger partial charge on any atom is 0.330 e. The number of aromatic amines is 1. The van der Waals surface area contributed by atoms with Crippen LogP contribution in [0.3, 0.4) is 0 Å². The second-order valence-corrected chi connectivity index (χ2v) is 8.30. The molecule has 0 unspecified atom stereocenters. The summed E-state index contributed by atoms with van der Waals surface area (Å²) < 4.78 is 10.3. The summed E-state index contributed by atoms with van der Waals surface area (Å²) in [6, 6.07) is 5.77. The zero-order valence-corrected chi connectivity index (χ0v) is 19.1. The molecule has 4 aromatic rings. The van der Waals surface area contributed by atoms with Crippen molar-refractivity contribution in [2.45, 2.75) is 44.1 Å². The van der Waals surface area contributed by atoms with Gasteiger partial charge in [0.15, 0.2) is 11.2 Å². The van der Waals surface area contributed by atoms with Gasteiger partial charge in [-0.2, -0.15) is 4.68 Å². The van der Waals surface area contributed by atoms with Gasteiger partial charge in [-0.05, 0) is 41.5 Å². The van der Waals surface area contributed by atoms with Crippen molar-refractivity contribution in [3.8, 4) is 11.4 Å². The van der Waals surface area contributed by atoms with Crippen LogP contribution in [-0.4, -0.2) is 46.4 Å². The van der Waals surface area contributed by atoms with Crippen LogP contribution in [0.4, 0.5) is 0 Å². The van der Waals surface area contributed by atoms with E-state index >= 15 is 0 Å². The number of benzene rings is 1. The van der Waals surface area contributed by atoms with Crippen LogP contribution in [0, 0.1) is 6.92 Å². The fourth-order valence-corrected chi connectivity index (χ4v) is 4.33. The SMILES string of the molecule is CCCCn1c(=O)[nH]c(=O)c2c1nc(CSc1nnnn1-c1cc(C)ccc1OC)n2C. The van der Waals surface area contributed by atoms with Crippen molar-refractivity contribution in [2.24, 2.45) is 7.05 Å². The number of aromatic nitrogens is 8. The molecule has 0 aliphatic rings. The molecule has 0 bridgehead atoms. The Balaban J connectivity index is 1.69. The molecule has 0 aliphatic heterocycles. The van der Waals surface area contributed by atoms with Crippen LogP contribution in [0.15, 0.2) is 32.9 Å². The van der Waals surface area contributed by atoms with Crippen LogP contribution >= 0.6 is 11.8 Å². The normalized spacial score (nSPS) is 11.4. The Hall–Kier alpha value is -3.41. The monoisotopic (exact) mass is 456 g/mol. The Morgan fingerprint density at radius 1 is 1.25 bits per heavy atom. The molecule has 0 radical (unpaired) electrons. The molecule has 0 fully saturated rings. The quantitative estimate of drug-likeness (QED) is 0.398. The molecule has 3 aromatic heterocycles. The highest BCUT2D eigenvalue weighted by molar-refractivity contribution is 7.98. The van der Waals surface area contributed by atoms with Gasteiger partial charge in [0.2, 0.25) is 5.16 Å². The van der Waals surface area contributed by atoms with Crippen LogP contribution in [0.25, 0.3) is 16.9 Å². The summed E-state index contributed by atoms with van der Waals surface area (Å²) in [5.74, 6) is 1.69. The van der Waals surface area contributed by atoms with E-state index in [1.54, 1.807) is 23.4 Å². The summed E-state index contributed by atoms with van der Waals surface area (Å²) in [7, 11) is 3.36. The van der Waals surface area contributed by atoms with Gasteiger partial charge in [0.05, 0.1) is 12.9 Å². The van der Waals surface area contributed by atoms with Crippen molar-refractivity contribution in [1.29, 1.82) is 0 Å². The van der Waals surface area contributed by atoms with E-state index in [4.69, 9.17) is 4.74 Å². The molecule has 0 amide bonds. The van der Waals surface area contributed by atoms with Gasteiger partial charge in [0.1, 0.15) is 17.3 Å². The van der Waals surface area contributed by atoms with E-state index in [1.165, 1.54) is 16.3 Å². The minimum Gasteiger partial charge on any atom is -0.494 e. The Bertz CT molecular complexity index is 1380. The van der Waals surface area contributed by atoms with Gasteiger partial charge < -0.3 is 9.30 Å². The number of nitrogens with zero attached hydrogens (tertiary/aromatic N) is 7. The first kappa shape index (κ1) is 21.8. The van der Waals surface area contributed by atoms with E-state index < -0.39 is 11.2 Å². The number of hydrogen-bond donors (Lipinski definition) is 1. The first-order valence-electron chi connectivity index (χ1n) is 10.2.